The molecule has 0 amide bonds. The predicted molar refractivity (Wildman–Crippen MR) is 69.3 cm³/mol. The van der Waals surface area contributed by atoms with Gasteiger partial charge >= 0.3 is 0 Å². The third-order valence-electron chi connectivity index (χ3n) is 2.58. The maximum Gasteiger partial charge on any atom is 0.0959 e. The van der Waals surface area contributed by atoms with E-state index in [0.717, 1.165) is 31.2 Å². The molecular formula is C11H18N2OS2. The Balaban J connectivity index is 1.63. The van der Waals surface area contributed by atoms with E-state index in [0.29, 0.717) is 0 Å². The normalized spacial score (nSPS) is 17.6. The molecule has 0 aromatic carbocycles. The van der Waals surface area contributed by atoms with Crippen LogP contribution in [0.25, 0.3) is 0 Å². The molecule has 90 valence electrons. The number of nitrogens with one attached hydrogen (secondary N) is 1. The van der Waals surface area contributed by atoms with Gasteiger partial charge in [0, 0.05) is 46.3 Å². The van der Waals surface area contributed by atoms with E-state index in [9.17, 15) is 4.21 Å². The first-order valence-electron chi connectivity index (χ1n) is 5.71. The molecule has 1 heterocycles. The van der Waals surface area contributed by atoms with E-state index in [-0.39, 0.29) is 0 Å². The Hall–Kier alpha value is -0.260. The Bertz CT molecular complexity index is 361. The standard InChI is InChI=1S/C11H18N2OS2/c1-16(14)6-2-5-12-7-10-8-13-11(15-10)9-3-4-9/h8-9,12H,2-7H2,1H3. The average Bonchev–Trinajstić information content (AvgIpc) is 2.99. The quantitative estimate of drug-likeness (QED) is 0.759. The third kappa shape index (κ3) is 3.96. The molecule has 16 heavy (non-hydrogen) atoms. The first-order chi connectivity index (χ1) is 7.75. The van der Waals surface area contributed by atoms with Crippen LogP contribution in [-0.4, -0.2) is 27.7 Å². The maximum absolute atomic E-state index is 10.8. The van der Waals surface area contributed by atoms with Crippen molar-refractivity contribution in [2.24, 2.45) is 0 Å². The van der Waals surface area contributed by atoms with Gasteiger partial charge in [0.1, 0.15) is 0 Å². The van der Waals surface area contributed by atoms with E-state index in [1.165, 1.54) is 22.7 Å². The van der Waals surface area contributed by atoms with Gasteiger partial charge in [0.2, 0.25) is 0 Å². The van der Waals surface area contributed by atoms with Crippen LogP contribution in [-0.2, 0) is 17.3 Å². The molecule has 5 heteroatoms. The number of aromatic nitrogens is 1. The highest BCUT2D eigenvalue weighted by Crippen LogP contribution is 2.41. The topological polar surface area (TPSA) is 42.0 Å². The van der Waals surface area contributed by atoms with Crippen LogP contribution in [0, 0.1) is 0 Å². The lowest BCUT2D eigenvalue weighted by Crippen LogP contribution is -2.15. The molecule has 0 radical (unpaired) electrons. The van der Waals surface area contributed by atoms with Crippen molar-refractivity contribution in [1.82, 2.24) is 10.3 Å². The summed E-state index contributed by atoms with van der Waals surface area (Å²) in [5.41, 5.74) is 0. The van der Waals surface area contributed by atoms with Crippen molar-refractivity contribution in [2.75, 3.05) is 18.6 Å². The van der Waals surface area contributed by atoms with Crippen LogP contribution >= 0.6 is 11.3 Å². The summed E-state index contributed by atoms with van der Waals surface area (Å²) in [6.45, 7) is 1.84. The molecule has 1 saturated carbocycles. The summed E-state index contributed by atoms with van der Waals surface area (Å²) in [5.74, 6) is 1.56. The van der Waals surface area contributed by atoms with Crippen LogP contribution in [0.5, 0.6) is 0 Å². The third-order valence-corrected chi connectivity index (χ3v) is 4.61. The minimum atomic E-state index is -0.657. The van der Waals surface area contributed by atoms with E-state index < -0.39 is 10.8 Å². The van der Waals surface area contributed by atoms with Gasteiger partial charge in [-0.15, -0.1) is 11.3 Å². The van der Waals surface area contributed by atoms with Crippen molar-refractivity contribution < 1.29 is 4.21 Å². The Morgan fingerprint density at radius 2 is 2.44 bits per heavy atom. The summed E-state index contributed by atoms with van der Waals surface area (Å²) in [4.78, 5) is 5.75. The van der Waals surface area contributed by atoms with Crippen LogP contribution in [0.15, 0.2) is 6.20 Å². The Morgan fingerprint density at radius 1 is 1.62 bits per heavy atom. The molecular weight excluding hydrogens is 240 g/mol. The summed E-state index contributed by atoms with van der Waals surface area (Å²) >= 11 is 1.83. The maximum atomic E-state index is 10.8. The van der Waals surface area contributed by atoms with Crippen molar-refractivity contribution in [3.63, 3.8) is 0 Å². The number of thiazole rings is 1. The number of nitrogens with zero attached hydrogens (tertiary/aromatic N) is 1. The molecule has 1 aromatic rings. The van der Waals surface area contributed by atoms with Crippen molar-refractivity contribution in [3.8, 4) is 0 Å². The number of hydrogen-bond donors (Lipinski definition) is 1. The fourth-order valence-corrected chi connectivity index (χ4v) is 3.14. The molecule has 1 N–H and O–H groups in total. The van der Waals surface area contributed by atoms with Crippen LogP contribution in [0.3, 0.4) is 0 Å². The monoisotopic (exact) mass is 258 g/mol. The highest BCUT2D eigenvalue weighted by atomic mass is 32.2. The molecule has 1 atom stereocenters. The lowest BCUT2D eigenvalue weighted by Gasteiger charge is -2.00. The molecule has 1 aliphatic rings. The van der Waals surface area contributed by atoms with Crippen molar-refractivity contribution in [3.05, 3.63) is 16.1 Å². The van der Waals surface area contributed by atoms with Gasteiger partial charge in [-0.05, 0) is 25.8 Å². The predicted octanol–water partition coefficient (Wildman–Crippen LogP) is 1.88. The average molecular weight is 258 g/mol. The first-order valence-corrected chi connectivity index (χ1v) is 8.25. The van der Waals surface area contributed by atoms with E-state index in [1.54, 1.807) is 6.26 Å². The molecule has 2 rings (SSSR count). The van der Waals surface area contributed by atoms with Gasteiger partial charge in [-0.2, -0.15) is 0 Å². The molecule has 0 saturated heterocycles. The molecule has 0 bridgehead atoms. The molecule has 0 aliphatic heterocycles. The highest BCUT2D eigenvalue weighted by Gasteiger charge is 2.26. The molecule has 1 aliphatic carbocycles. The molecule has 1 aromatic heterocycles. The first kappa shape index (κ1) is 12.2. The minimum Gasteiger partial charge on any atom is -0.312 e. The Morgan fingerprint density at radius 3 is 3.12 bits per heavy atom. The van der Waals surface area contributed by atoms with Crippen molar-refractivity contribution in [1.29, 1.82) is 0 Å². The number of hydrogen-bond acceptors (Lipinski definition) is 4. The van der Waals surface area contributed by atoms with Gasteiger partial charge in [0.05, 0.1) is 5.01 Å². The fourth-order valence-electron chi connectivity index (χ4n) is 1.54. The molecule has 1 fully saturated rings. The second-order valence-electron chi connectivity index (χ2n) is 4.25. The lowest BCUT2D eigenvalue weighted by atomic mass is 10.4. The summed E-state index contributed by atoms with van der Waals surface area (Å²) < 4.78 is 10.8. The molecule has 1 unspecified atom stereocenters. The second-order valence-corrected chi connectivity index (χ2v) is 6.95. The van der Waals surface area contributed by atoms with Crippen molar-refractivity contribution in [2.45, 2.75) is 31.7 Å². The van der Waals surface area contributed by atoms with Crippen LogP contribution in [0.4, 0.5) is 0 Å². The summed E-state index contributed by atoms with van der Waals surface area (Å²) in [6.07, 6.45) is 7.37. The van der Waals surface area contributed by atoms with Gasteiger partial charge in [0.15, 0.2) is 0 Å². The van der Waals surface area contributed by atoms with Gasteiger partial charge in [-0.3, -0.25) is 4.21 Å². The minimum absolute atomic E-state index is 0.657. The van der Waals surface area contributed by atoms with Gasteiger partial charge in [0.25, 0.3) is 0 Å². The molecule has 0 spiro atoms. The zero-order valence-electron chi connectivity index (χ0n) is 9.57. The smallest absolute Gasteiger partial charge is 0.0959 e. The zero-order valence-corrected chi connectivity index (χ0v) is 11.2. The van der Waals surface area contributed by atoms with E-state index in [1.807, 2.05) is 17.5 Å². The van der Waals surface area contributed by atoms with Crippen LogP contribution in [0.2, 0.25) is 0 Å². The van der Waals surface area contributed by atoms with Crippen LogP contribution < -0.4 is 5.32 Å². The Kier molecular flexibility index (Phi) is 4.49. The van der Waals surface area contributed by atoms with E-state index in [2.05, 4.69) is 10.3 Å². The van der Waals surface area contributed by atoms with Gasteiger partial charge in [-0.1, -0.05) is 0 Å². The fraction of sp³-hybridized carbons (Fsp3) is 0.727. The summed E-state index contributed by atoms with van der Waals surface area (Å²) in [6, 6.07) is 0. The van der Waals surface area contributed by atoms with Crippen molar-refractivity contribution >= 4 is 22.1 Å². The SMILES string of the molecule is CS(=O)CCCNCc1cnc(C2CC2)s1. The summed E-state index contributed by atoms with van der Waals surface area (Å²) in [5, 5.41) is 4.68. The van der Waals surface area contributed by atoms with Gasteiger partial charge < -0.3 is 5.32 Å². The van der Waals surface area contributed by atoms with Gasteiger partial charge in [-0.25, -0.2) is 4.98 Å². The lowest BCUT2D eigenvalue weighted by molar-refractivity contribution is 0.665. The van der Waals surface area contributed by atoms with Crippen LogP contribution in [0.1, 0.15) is 35.1 Å². The highest BCUT2D eigenvalue weighted by molar-refractivity contribution is 7.84. The zero-order chi connectivity index (χ0) is 11.4. The molecule has 3 nitrogen and oxygen atoms in total. The van der Waals surface area contributed by atoms with E-state index in [4.69, 9.17) is 0 Å². The number of rotatable bonds is 7. The Labute approximate surface area is 103 Å². The summed E-state index contributed by atoms with van der Waals surface area (Å²) in [7, 11) is -0.657. The van der Waals surface area contributed by atoms with E-state index >= 15 is 0 Å². The second kappa shape index (κ2) is 5.89. The largest absolute Gasteiger partial charge is 0.312 e.